The first-order valence-electron chi connectivity index (χ1n) is 6.53. The number of hydrogen-bond acceptors (Lipinski definition) is 5. The number of ether oxygens (including phenoxy) is 1. The Balaban J connectivity index is 2.15. The van der Waals surface area contributed by atoms with Crippen LogP contribution < -0.4 is 4.74 Å². The molecule has 0 aliphatic carbocycles. The van der Waals surface area contributed by atoms with Gasteiger partial charge in [-0.2, -0.15) is 0 Å². The summed E-state index contributed by atoms with van der Waals surface area (Å²) in [4.78, 5) is 9.71. The molecule has 5 nitrogen and oxygen atoms in total. The standard InChI is InChI=1S/C15H15N3O2S2/c1-20-13-8-10(22(3)19)4-5-11(13)12-9-18-7-6-16-15(21-2)14(18)17-12/h4-9H,1-3H3. The van der Waals surface area contributed by atoms with E-state index in [-0.39, 0.29) is 0 Å². The van der Waals surface area contributed by atoms with E-state index in [0.717, 1.165) is 26.8 Å². The fourth-order valence-electron chi connectivity index (χ4n) is 2.23. The summed E-state index contributed by atoms with van der Waals surface area (Å²) in [5.41, 5.74) is 2.48. The third-order valence-corrected chi connectivity index (χ3v) is 4.91. The molecule has 0 amide bonds. The van der Waals surface area contributed by atoms with Gasteiger partial charge in [0.2, 0.25) is 0 Å². The van der Waals surface area contributed by atoms with E-state index in [9.17, 15) is 4.55 Å². The van der Waals surface area contributed by atoms with Gasteiger partial charge in [-0.3, -0.25) is 0 Å². The molecule has 7 heteroatoms. The minimum atomic E-state index is -1.04. The second kappa shape index (κ2) is 6.20. The lowest BCUT2D eigenvalue weighted by Gasteiger charge is -2.09. The molecule has 1 aromatic carbocycles. The van der Waals surface area contributed by atoms with Crippen molar-refractivity contribution in [2.75, 3.05) is 19.6 Å². The summed E-state index contributed by atoms with van der Waals surface area (Å²) in [6.45, 7) is 0. The van der Waals surface area contributed by atoms with Crippen molar-refractivity contribution in [3.8, 4) is 17.0 Å². The van der Waals surface area contributed by atoms with E-state index >= 15 is 0 Å². The number of hydrogen-bond donors (Lipinski definition) is 0. The SMILES string of the molecule is COc1cc([S+](C)[O-])ccc1-c1cn2ccnc(SC)c2n1. The third kappa shape index (κ3) is 2.67. The predicted octanol–water partition coefficient (Wildman–Crippen LogP) is 2.86. The maximum atomic E-state index is 11.6. The summed E-state index contributed by atoms with van der Waals surface area (Å²) in [5.74, 6) is 0.662. The molecule has 0 spiro atoms. The van der Waals surface area contributed by atoms with Crippen LogP contribution in [-0.2, 0) is 11.2 Å². The number of thioether (sulfide) groups is 1. The fraction of sp³-hybridized carbons (Fsp3) is 0.200. The number of nitrogens with zero attached hydrogens (tertiary/aromatic N) is 3. The van der Waals surface area contributed by atoms with E-state index in [2.05, 4.69) is 9.97 Å². The number of benzene rings is 1. The van der Waals surface area contributed by atoms with Crippen molar-refractivity contribution in [1.29, 1.82) is 0 Å². The maximum absolute atomic E-state index is 11.6. The molecule has 0 fully saturated rings. The maximum Gasteiger partial charge on any atom is 0.170 e. The van der Waals surface area contributed by atoms with Crippen molar-refractivity contribution in [2.24, 2.45) is 0 Å². The molecule has 0 N–H and O–H groups in total. The molecule has 0 saturated heterocycles. The van der Waals surface area contributed by atoms with Crippen LogP contribution in [0, 0.1) is 0 Å². The zero-order chi connectivity index (χ0) is 15.7. The number of rotatable bonds is 4. The van der Waals surface area contributed by atoms with E-state index < -0.39 is 11.2 Å². The van der Waals surface area contributed by atoms with Crippen LogP contribution in [0.2, 0.25) is 0 Å². The number of imidazole rings is 1. The van der Waals surface area contributed by atoms with Crippen LogP contribution in [0.25, 0.3) is 16.9 Å². The highest BCUT2D eigenvalue weighted by Gasteiger charge is 2.15. The van der Waals surface area contributed by atoms with E-state index in [4.69, 9.17) is 4.74 Å². The van der Waals surface area contributed by atoms with Gasteiger partial charge in [-0.1, -0.05) is 0 Å². The fourth-order valence-corrected chi connectivity index (χ4v) is 3.26. The van der Waals surface area contributed by atoms with Crippen molar-refractivity contribution < 1.29 is 9.29 Å². The van der Waals surface area contributed by atoms with Gasteiger partial charge in [-0.05, 0) is 29.6 Å². The van der Waals surface area contributed by atoms with Crippen molar-refractivity contribution in [3.63, 3.8) is 0 Å². The lowest BCUT2D eigenvalue weighted by molar-refractivity contribution is 0.415. The number of fused-ring (bicyclic) bond motifs is 1. The minimum Gasteiger partial charge on any atom is -0.612 e. The molecule has 0 saturated carbocycles. The van der Waals surface area contributed by atoms with Crippen LogP contribution in [0.3, 0.4) is 0 Å². The minimum absolute atomic E-state index is 0.662. The van der Waals surface area contributed by atoms with Crippen molar-refractivity contribution >= 4 is 28.6 Å². The molecule has 1 unspecified atom stereocenters. The highest BCUT2D eigenvalue weighted by molar-refractivity contribution is 7.98. The summed E-state index contributed by atoms with van der Waals surface area (Å²) in [6, 6.07) is 5.53. The Morgan fingerprint density at radius 1 is 1.36 bits per heavy atom. The lowest BCUT2D eigenvalue weighted by Crippen LogP contribution is -1.98. The van der Waals surface area contributed by atoms with Crippen molar-refractivity contribution in [2.45, 2.75) is 9.92 Å². The Morgan fingerprint density at radius 3 is 2.86 bits per heavy atom. The molecule has 2 heterocycles. The second-order valence-electron chi connectivity index (χ2n) is 4.61. The van der Waals surface area contributed by atoms with Gasteiger partial charge in [-0.15, -0.1) is 11.8 Å². The number of aromatic nitrogens is 3. The predicted molar refractivity (Wildman–Crippen MR) is 89.1 cm³/mol. The van der Waals surface area contributed by atoms with Gasteiger partial charge in [0.1, 0.15) is 17.0 Å². The second-order valence-corrected chi connectivity index (χ2v) is 6.78. The van der Waals surface area contributed by atoms with Crippen LogP contribution in [0.5, 0.6) is 5.75 Å². The molecule has 0 aliphatic heterocycles. The largest absolute Gasteiger partial charge is 0.612 e. The van der Waals surface area contributed by atoms with Crippen molar-refractivity contribution in [3.05, 3.63) is 36.8 Å². The normalized spacial score (nSPS) is 12.5. The van der Waals surface area contributed by atoms with Gasteiger partial charge in [0.25, 0.3) is 0 Å². The smallest absolute Gasteiger partial charge is 0.170 e. The van der Waals surface area contributed by atoms with Gasteiger partial charge in [0.05, 0.1) is 12.8 Å². The summed E-state index contributed by atoms with van der Waals surface area (Å²) < 4.78 is 19.0. The Kier molecular flexibility index (Phi) is 4.28. The highest BCUT2D eigenvalue weighted by atomic mass is 32.2. The Labute approximate surface area is 135 Å². The molecule has 0 bridgehead atoms. The molecule has 22 heavy (non-hydrogen) atoms. The molecule has 2 aromatic heterocycles. The van der Waals surface area contributed by atoms with Crippen LogP contribution in [0.1, 0.15) is 0 Å². The molecule has 0 aliphatic rings. The van der Waals surface area contributed by atoms with Crippen LogP contribution in [0.15, 0.2) is 46.7 Å². The summed E-state index contributed by atoms with van der Waals surface area (Å²) in [5, 5.41) is 0.874. The Morgan fingerprint density at radius 2 is 2.18 bits per heavy atom. The highest BCUT2D eigenvalue weighted by Crippen LogP contribution is 2.32. The molecule has 0 radical (unpaired) electrons. The molecular formula is C15H15N3O2S2. The lowest BCUT2D eigenvalue weighted by atomic mass is 10.1. The van der Waals surface area contributed by atoms with E-state index in [1.54, 1.807) is 37.4 Å². The number of methoxy groups -OCH3 is 1. The summed E-state index contributed by atoms with van der Waals surface area (Å²) in [7, 11) is 1.60. The first kappa shape index (κ1) is 15.2. The average molecular weight is 333 g/mol. The van der Waals surface area contributed by atoms with E-state index in [0.29, 0.717) is 5.75 Å². The Hall–Kier alpha value is -1.70. The third-order valence-electron chi connectivity index (χ3n) is 3.32. The van der Waals surface area contributed by atoms with E-state index in [1.807, 2.05) is 35.2 Å². The summed E-state index contributed by atoms with van der Waals surface area (Å²) in [6.07, 6.45) is 9.19. The quantitative estimate of drug-likeness (QED) is 0.543. The molecule has 3 aromatic rings. The van der Waals surface area contributed by atoms with Gasteiger partial charge in [0.15, 0.2) is 10.5 Å². The van der Waals surface area contributed by atoms with Gasteiger partial charge in [0, 0.05) is 30.2 Å². The first-order valence-corrected chi connectivity index (χ1v) is 9.32. The zero-order valence-electron chi connectivity index (χ0n) is 12.4. The molecule has 1 atom stereocenters. The van der Waals surface area contributed by atoms with Crippen LogP contribution in [0.4, 0.5) is 0 Å². The summed E-state index contributed by atoms with van der Waals surface area (Å²) >= 11 is 0.513. The molecular weight excluding hydrogens is 318 g/mol. The first-order chi connectivity index (χ1) is 10.6. The van der Waals surface area contributed by atoms with Crippen molar-refractivity contribution in [1.82, 2.24) is 14.4 Å². The Bertz CT molecular complexity index is 818. The average Bonchev–Trinajstić information content (AvgIpc) is 2.97. The van der Waals surface area contributed by atoms with Gasteiger partial charge < -0.3 is 13.7 Å². The van der Waals surface area contributed by atoms with Gasteiger partial charge in [-0.25, -0.2) is 9.97 Å². The zero-order valence-corrected chi connectivity index (χ0v) is 14.1. The monoisotopic (exact) mass is 333 g/mol. The molecule has 3 rings (SSSR count). The van der Waals surface area contributed by atoms with Crippen LogP contribution in [-0.4, -0.2) is 38.5 Å². The topological polar surface area (TPSA) is 62.5 Å². The van der Waals surface area contributed by atoms with E-state index in [1.165, 1.54) is 0 Å². The van der Waals surface area contributed by atoms with Gasteiger partial charge >= 0.3 is 0 Å². The molecule has 114 valence electrons. The van der Waals surface area contributed by atoms with Crippen LogP contribution >= 0.6 is 11.8 Å².